The molecule has 1 aliphatic heterocycles. The lowest BCUT2D eigenvalue weighted by Gasteiger charge is -2.24. The number of nitrogens with two attached hydrogens (primary N) is 1. The third kappa shape index (κ3) is 1.83. The van der Waals surface area contributed by atoms with E-state index in [1.807, 2.05) is 6.07 Å². The highest BCUT2D eigenvalue weighted by Gasteiger charge is 2.53. The van der Waals surface area contributed by atoms with Crippen molar-refractivity contribution in [1.29, 1.82) is 0 Å². The minimum absolute atomic E-state index is 0.0828. The van der Waals surface area contributed by atoms with E-state index >= 15 is 0 Å². The fraction of sp³-hybridized carbons (Fsp3) is 0.533. The van der Waals surface area contributed by atoms with Gasteiger partial charge in [0.05, 0.1) is 5.41 Å². The largest absolute Gasteiger partial charge is 0.369 e. The van der Waals surface area contributed by atoms with E-state index in [1.54, 1.807) is 0 Å². The highest BCUT2D eigenvalue weighted by atomic mass is 16.1. The van der Waals surface area contributed by atoms with Gasteiger partial charge in [-0.2, -0.15) is 0 Å². The van der Waals surface area contributed by atoms with E-state index < -0.39 is 0 Å². The summed E-state index contributed by atoms with van der Waals surface area (Å²) >= 11 is 0. The Kier molecular flexibility index (Phi) is 2.86. The monoisotopic (exact) mass is 244 g/mol. The number of benzene rings is 1. The van der Waals surface area contributed by atoms with Gasteiger partial charge < -0.3 is 5.73 Å². The summed E-state index contributed by atoms with van der Waals surface area (Å²) in [4.78, 5) is 14.2. The molecular weight excluding hydrogens is 224 g/mol. The van der Waals surface area contributed by atoms with Gasteiger partial charge in [0, 0.05) is 19.6 Å². The summed E-state index contributed by atoms with van der Waals surface area (Å²) in [5.74, 6) is 0.402. The number of nitrogens with zero attached hydrogens (tertiary/aromatic N) is 1. The average molecular weight is 244 g/mol. The molecular formula is C15H20N2O. The molecule has 2 fully saturated rings. The van der Waals surface area contributed by atoms with Crippen molar-refractivity contribution in [3.63, 3.8) is 0 Å². The number of carbonyl (C=O) groups is 1. The second kappa shape index (κ2) is 4.39. The fourth-order valence-electron chi connectivity index (χ4n) is 3.76. The Hall–Kier alpha value is -1.35. The second-order valence-electron chi connectivity index (χ2n) is 5.76. The van der Waals surface area contributed by atoms with Crippen LogP contribution in [0.2, 0.25) is 0 Å². The molecule has 0 aromatic heterocycles. The molecule has 0 spiro atoms. The van der Waals surface area contributed by atoms with Crippen LogP contribution in [0, 0.1) is 11.3 Å². The summed E-state index contributed by atoms with van der Waals surface area (Å²) in [5, 5.41) is 0. The van der Waals surface area contributed by atoms with Crippen LogP contribution in [0.5, 0.6) is 0 Å². The van der Waals surface area contributed by atoms with Crippen molar-refractivity contribution >= 4 is 5.91 Å². The van der Waals surface area contributed by atoms with Crippen LogP contribution in [0.1, 0.15) is 24.8 Å². The van der Waals surface area contributed by atoms with Crippen LogP contribution in [0.4, 0.5) is 0 Å². The Morgan fingerprint density at radius 2 is 2.17 bits per heavy atom. The summed E-state index contributed by atoms with van der Waals surface area (Å²) in [6.45, 7) is 2.81. The zero-order valence-corrected chi connectivity index (χ0v) is 10.6. The molecule has 1 aromatic rings. The second-order valence-corrected chi connectivity index (χ2v) is 5.76. The zero-order valence-electron chi connectivity index (χ0n) is 10.6. The molecule has 2 atom stereocenters. The summed E-state index contributed by atoms with van der Waals surface area (Å²) in [6, 6.07) is 10.5. The zero-order chi connectivity index (χ0) is 12.6. The van der Waals surface area contributed by atoms with Crippen LogP contribution in [-0.2, 0) is 11.3 Å². The van der Waals surface area contributed by atoms with Crippen molar-refractivity contribution in [2.45, 2.75) is 25.8 Å². The van der Waals surface area contributed by atoms with Crippen LogP contribution in [-0.4, -0.2) is 23.9 Å². The first-order valence-electron chi connectivity index (χ1n) is 6.77. The Bertz CT molecular complexity index is 445. The lowest BCUT2D eigenvalue weighted by Crippen LogP contribution is -2.40. The first-order valence-corrected chi connectivity index (χ1v) is 6.77. The minimum Gasteiger partial charge on any atom is -0.369 e. The summed E-state index contributed by atoms with van der Waals surface area (Å²) < 4.78 is 0. The molecule has 3 heteroatoms. The van der Waals surface area contributed by atoms with Gasteiger partial charge in [0.25, 0.3) is 0 Å². The number of rotatable bonds is 3. The molecule has 1 aromatic carbocycles. The van der Waals surface area contributed by atoms with Gasteiger partial charge in [-0.15, -0.1) is 0 Å². The highest BCUT2D eigenvalue weighted by Crippen LogP contribution is 2.48. The number of fused-ring (bicyclic) bond motifs is 1. The van der Waals surface area contributed by atoms with Crippen molar-refractivity contribution in [2.75, 3.05) is 13.1 Å². The van der Waals surface area contributed by atoms with Crippen molar-refractivity contribution in [1.82, 2.24) is 4.90 Å². The first kappa shape index (κ1) is 11.7. The molecule has 3 nitrogen and oxygen atoms in total. The van der Waals surface area contributed by atoms with Gasteiger partial charge in [0.2, 0.25) is 5.91 Å². The first-order chi connectivity index (χ1) is 8.71. The maximum Gasteiger partial charge on any atom is 0.225 e. The quantitative estimate of drug-likeness (QED) is 0.881. The molecule has 0 radical (unpaired) electrons. The molecule has 2 aliphatic rings. The number of primary amides is 1. The van der Waals surface area contributed by atoms with Gasteiger partial charge >= 0.3 is 0 Å². The van der Waals surface area contributed by atoms with Gasteiger partial charge in [-0.1, -0.05) is 36.8 Å². The lowest BCUT2D eigenvalue weighted by atomic mass is 9.80. The van der Waals surface area contributed by atoms with Crippen molar-refractivity contribution in [3.05, 3.63) is 35.9 Å². The predicted molar refractivity (Wildman–Crippen MR) is 70.7 cm³/mol. The normalized spacial score (nSPS) is 31.4. The minimum atomic E-state index is -0.227. The molecule has 2 N–H and O–H groups in total. The SMILES string of the molecule is NC(=O)[C@@]12CCC[C@@H]1CN(Cc1ccccc1)C2. The van der Waals surface area contributed by atoms with E-state index in [1.165, 1.54) is 5.56 Å². The molecule has 1 heterocycles. The topological polar surface area (TPSA) is 46.3 Å². The molecule has 1 aliphatic carbocycles. The van der Waals surface area contributed by atoms with Crippen LogP contribution < -0.4 is 5.73 Å². The average Bonchev–Trinajstić information content (AvgIpc) is 2.87. The highest BCUT2D eigenvalue weighted by molar-refractivity contribution is 5.82. The fourth-order valence-corrected chi connectivity index (χ4v) is 3.76. The number of amides is 1. The Morgan fingerprint density at radius 1 is 1.39 bits per heavy atom. The van der Waals surface area contributed by atoms with Gasteiger partial charge in [0.15, 0.2) is 0 Å². The molecule has 0 bridgehead atoms. The third-order valence-electron chi connectivity index (χ3n) is 4.68. The van der Waals surface area contributed by atoms with Gasteiger partial charge in [-0.05, 0) is 24.3 Å². The van der Waals surface area contributed by atoms with Gasteiger partial charge in [-0.3, -0.25) is 9.69 Å². The summed E-state index contributed by atoms with van der Waals surface area (Å²) in [5.41, 5.74) is 6.75. The smallest absolute Gasteiger partial charge is 0.225 e. The summed E-state index contributed by atoms with van der Waals surface area (Å²) in [7, 11) is 0. The Balaban J connectivity index is 1.73. The van der Waals surface area contributed by atoms with Crippen molar-refractivity contribution in [3.8, 4) is 0 Å². The molecule has 1 saturated carbocycles. The van der Waals surface area contributed by atoms with Gasteiger partial charge in [-0.25, -0.2) is 0 Å². The maximum absolute atomic E-state index is 11.8. The molecule has 96 valence electrons. The number of likely N-dealkylation sites (tertiary alicyclic amines) is 1. The third-order valence-corrected chi connectivity index (χ3v) is 4.68. The van der Waals surface area contributed by atoms with Crippen molar-refractivity contribution in [2.24, 2.45) is 17.1 Å². The van der Waals surface area contributed by atoms with E-state index in [0.717, 1.165) is 38.9 Å². The van der Waals surface area contributed by atoms with E-state index in [4.69, 9.17) is 5.73 Å². The van der Waals surface area contributed by atoms with Crippen LogP contribution in [0.3, 0.4) is 0 Å². The van der Waals surface area contributed by atoms with Crippen LogP contribution >= 0.6 is 0 Å². The van der Waals surface area contributed by atoms with Crippen LogP contribution in [0.15, 0.2) is 30.3 Å². The number of carbonyl (C=O) groups excluding carboxylic acids is 1. The lowest BCUT2D eigenvalue weighted by molar-refractivity contribution is -0.128. The van der Waals surface area contributed by atoms with E-state index in [-0.39, 0.29) is 11.3 Å². The molecule has 3 rings (SSSR count). The molecule has 0 unspecified atom stereocenters. The van der Waals surface area contributed by atoms with E-state index in [2.05, 4.69) is 29.2 Å². The van der Waals surface area contributed by atoms with Crippen LogP contribution in [0.25, 0.3) is 0 Å². The molecule has 18 heavy (non-hydrogen) atoms. The van der Waals surface area contributed by atoms with E-state index in [0.29, 0.717) is 5.92 Å². The Morgan fingerprint density at radius 3 is 2.83 bits per heavy atom. The number of hydrogen-bond acceptors (Lipinski definition) is 2. The predicted octanol–water partition coefficient (Wildman–Crippen LogP) is 1.77. The van der Waals surface area contributed by atoms with Crippen molar-refractivity contribution < 1.29 is 4.79 Å². The Labute approximate surface area is 108 Å². The molecule has 1 saturated heterocycles. The summed E-state index contributed by atoms with van der Waals surface area (Å²) in [6.07, 6.45) is 3.30. The van der Waals surface area contributed by atoms with Gasteiger partial charge in [0.1, 0.15) is 0 Å². The van der Waals surface area contributed by atoms with E-state index in [9.17, 15) is 4.79 Å². The standard InChI is InChI=1S/C15H20N2O/c16-14(18)15-8-4-7-13(15)10-17(11-15)9-12-5-2-1-3-6-12/h1-3,5-6,13H,4,7-11H2,(H2,16,18)/t13-,15-/m1/s1. The number of hydrogen-bond donors (Lipinski definition) is 1. The maximum atomic E-state index is 11.8. The molecule has 1 amide bonds.